The number of fused-ring (bicyclic) bond motifs is 1. The van der Waals surface area contributed by atoms with Crippen LogP contribution in [0.4, 0.5) is 28.4 Å². The summed E-state index contributed by atoms with van der Waals surface area (Å²) in [6.45, 7) is 30.8. The SMILES string of the molecule is CC1(C)ON(c2ccc(N(c3ccc(N4OC(C)(C)C(C)(C)O4)cc3)c3ccccc3-c3ccc4c(c3)C(C)(C)C(C)(C)C4(C)C)cc2)OC1(C)C. The van der Waals surface area contributed by atoms with Crippen molar-refractivity contribution < 1.29 is 19.4 Å². The summed E-state index contributed by atoms with van der Waals surface area (Å²) in [6, 6.07) is 32.5. The Kier molecular flexibility index (Phi) is 8.11. The van der Waals surface area contributed by atoms with Gasteiger partial charge in [-0.3, -0.25) is 0 Å². The fraction of sp³-hybridized carbons (Fsp3) is 0.467. The topological polar surface area (TPSA) is 46.6 Å². The van der Waals surface area contributed by atoms with Gasteiger partial charge in [-0.1, -0.05) is 77.9 Å². The van der Waals surface area contributed by atoms with Crippen molar-refractivity contribution in [1.29, 1.82) is 0 Å². The van der Waals surface area contributed by atoms with Crippen LogP contribution in [0, 0.1) is 5.41 Å². The Labute approximate surface area is 311 Å². The molecule has 0 radical (unpaired) electrons. The molecule has 0 amide bonds. The fourth-order valence-electron chi connectivity index (χ4n) is 7.53. The van der Waals surface area contributed by atoms with Crippen LogP contribution in [0.25, 0.3) is 11.1 Å². The molecule has 52 heavy (non-hydrogen) atoms. The number of hydrogen-bond acceptors (Lipinski definition) is 7. The molecular weight excluding hydrogens is 647 g/mol. The first-order chi connectivity index (χ1) is 24.0. The summed E-state index contributed by atoms with van der Waals surface area (Å²) < 4.78 is 0. The number of para-hydroxylation sites is 1. The van der Waals surface area contributed by atoms with Crippen molar-refractivity contribution in [2.24, 2.45) is 5.41 Å². The molecule has 0 unspecified atom stereocenters. The summed E-state index contributed by atoms with van der Waals surface area (Å²) in [4.78, 5) is 27.3. The lowest BCUT2D eigenvalue weighted by Crippen LogP contribution is -2.42. The van der Waals surface area contributed by atoms with Crippen molar-refractivity contribution in [3.8, 4) is 11.1 Å². The molecular formula is C45H57N3O4. The van der Waals surface area contributed by atoms with Crippen LogP contribution in [0.1, 0.15) is 108 Å². The highest BCUT2D eigenvalue weighted by Crippen LogP contribution is 2.62. The second kappa shape index (κ2) is 11.6. The van der Waals surface area contributed by atoms with Crippen molar-refractivity contribution in [3.05, 3.63) is 102 Å². The van der Waals surface area contributed by atoms with Gasteiger partial charge in [0.25, 0.3) is 0 Å². The fourth-order valence-corrected chi connectivity index (χ4v) is 7.53. The lowest BCUT2D eigenvalue weighted by atomic mass is 9.59. The summed E-state index contributed by atoms with van der Waals surface area (Å²) in [6.07, 6.45) is 0. The molecule has 4 aromatic rings. The van der Waals surface area contributed by atoms with Gasteiger partial charge in [0, 0.05) is 16.9 Å². The van der Waals surface area contributed by atoms with Gasteiger partial charge in [-0.2, -0.15) is 0 Å². The van der Waals surface area contributed by atoms with Gasteiger partial charge in [-0.25, -0.2) is 19.4 Å². The molecule has 7 nitrogen and oxygen atoms in total. The average molecular weight is 704 g/mol. The van der Waals surface area contributed by atoms with Gasteiger partial charge in [0.05, 0.1) is 17.1 Å². The van der Waals surface area contributed by atoms with Crippen molar-refractivity contribution in [2.75, 3.05) is 15.4 Å². The van der Waals surface area contributed by atoms with E-state index >= 15 is 0 Å². The lowest BCUT2D eigenvalue weighted by molar-refractivity contribution is -0.0277. The molecule has 2 aliphatic heterocycles. The minimum atomic E-state index is -0.486. The summed E-state index contributed by atoms with van der Waals surface area (Å²) in [5.41, 5.74) is 8.10. The second-order valence-electron chi connectivity index (χ2n) is 18.4. The largest absolute Gasteiger partial charge is 0.310 e. The summed E-state index contributed by atoms with van der Waals surface area (Å²) >= 11 is 0. The maximum atomic E-state index is 6.24. The van der Waals surface area contributed by atoms with E-state index in [4.69, 9.17) is 19.4 Å². The Bertz CT molecular complexity index is 1880. The van der Waals surface area contributed by atoms with E-state index in [-0.39, 0.29) is 16.2 Å². The zero-order valence-corrected chi connectivity index (χ0v) is 33.6. The third kappa shape index (κ3) is 5.38. The third-order valence-corrected chi connectivity index (χ3v) is 13.7. The Morgan fingerprint density at radius 3 is 1.29 bits per heavy atom. The van der Waals surface area contributed by atoms with Crippen molar-refractivity contribution in [3.63, 3.8) is 0 Å². The molecule has 276 valence electrons. The maximum absolute atomic E-state index is 6.24. The molecule has 0 spiro atoms. The normalized spacial score (nSPS) is 22.7. The minimum Gasteiger partial charge on any atom is -0.310 e. The predicted octanol–water partition coefficient (Wildman–Crippen LogP) is 11.9. The van der Waals surface area contributed by atoms with Gasteiger partial charge in [0.2, 0.25) is 0 Å². The molecule has 1 aliphatic carbocycles. The molecule has 7 heteroatoms. The highest BCUT2D eigenvalue weighted by molar-refractivity contribution is 5.89. The summed E-state index contributed by atoms with van der Waals surface area (Å²) in [7, 11) is 0. The van der Waals surface area contributed by atoms with Crippen LogP contribution >= 0.6 is 0 Å². The average Bonchev–Trinajstić information content (AvgIpc) is 3.48. The zero-order chi connectivity index (χ0) is 37.9. The van der Waals surface area contributed by atoms with E-state index < -0.39 is 22.4 Å². The monoisotopic (exact) mass is 703 g/mol. The number of benzene rings is 4. The second-order valence-corrected chi connectivity index (χ2v) is 18.4. The van der Waals surface area contributed by atoms with Crippen LogP contribution in [0.5, 0.6) is 0 Å². The lowest BCUT2D eigenvalue weighted by Gasteiger charge is -2.44. The third-order valence-electron chi connectivity index (χ3n) is 13.7. The van der Waals surface area contributed by atoms with E-state index in [0.717, 1.165) is 34.0 Å². The van der Waals surface area contributed by atoms with Crippen LogP contribution in [0.2, 0.25) is 0 Å². The number of nitrogens with zero attached hydrogens (tertiary/aromatic N) is 3. The first kappa shape index (κ1) is 36.5. The maximum Gasteiger partial charge on any atom is 0.124 e. The Hall–Kier alpha value is -3.88. The Balaban J connectivity index is 1.32. The van der Waals surface area contributed by atoms with Gasteiger partial charge < -0.3 is 4.90 Å². The highest BCUT2D eigenvalue weighted by Gasteiger charge is 2.57. The molecule has 2 heterocycles. The van der Waals surface area contributed by atoms with Crippen molar-refractivity contribution >= 4 is 28.4 Å². The van der Waals surface area contributed by atoms with Gasteiger partial charge in [-0.15, -0.1) is 10.5 Å². The smallest absolute Gasteiger partial charge is 0.124 e. The summed E-state index contributed by atoms with van der Waals surface area (Å²) in [5, 5.41) is 3.09. The van der Waals surface area contributed by atoms with Gasteiger partial charge in [0.1, 0.15) is 22.4 Å². The quantitative estimate of drug-likeness (QED) is 0.198. The number of rotatable bonds is 6. The van der Waals surface area contributed by atoms with Crippen molar-refractivity contribution in [2.45, 2.75) is 130 Å². The van der Waals surface area contributed by atoms with Crippen LogP contribution in [0.15, 0.2) is 91.0 Å². The van der Waals surface area contributed by atoms with Crippen LogP contribution in [0.3, 0.4) is 0 Å². The molecule has 3 aliphatic rings. The Morgan fingerprint density at radius 2 is 0.846 bits per heavy atom. The molecule has 0 atom stereocenters. The van der Waals surface area contributed by atoms with Gasteiger partial charge >= 0.3 is 0 Å². The highest BCUT2D eigenvalue weighted by atomic mass is 17.0. The van der Waals surface area contributed by atoms with E-state index in [1.807, 2.05) is 55.4 Å². The first-order valence-electron chi connectivity index (χ1n) is 18.6. The van der Waals surface area contributed by atoms with E-state index in [0.29, 0.717) is 0 Å². The molecule has 7 rings (SSSR count). The molecule has 0 aromatic heterocycles. The standard InChI is InChI=1S/C45H57N3O4/c1-39(2)36-28-19-30(29-37(36)40(3,4)41(39,5)6)35-17-15-16-18-38(35)46(31-20-24-33(25-21-31)47-49-42(7,8)43(9,10)50-47)32-22-26-34(27-23-32)48-51-44(11,12)45(13,14)52-48/h15-29H,1-14H3. The Morgan fingerprint density at radius 1 is 0.442 bits per heavy atom. The van der Waals surface area contributed by atoms with Crippen molar-refractivity contribution in [1.82, 2.24) is 0 Å². The summed E-state index contributed by atoms with van der Waals surface area (Å²) in [5.74, 6) is 0. The molecule has 0 N–H and O–H groups in total. The first-order valence-corrected chi connectivity index (χ1v) is 18.6. The van der Waals surface area contributed by atoms with Crippen LogP contribution in [-0.2, 0) is 30.2 Å². The predicted molar refractivity (Wildman–Crippen MR) is 212 cm³/mol. The minimum absolute atomic E-state index is 0.00612. The van der Waals surface area contributed by atoms with Gasteiger partial charge in [0.15, 0.2) is 0 Å². The van der Waals surface area contributed by atoms with Crippen LogP contribution in [-0.4, -0.2) is 22.4 Å². The molecule has 0 saturated carbocycles. The van der Waals surface area contributed by atoms with Gasteiger partial charge in [-0.05, 0) is 143 Å². The molecule has 4 aromatic carbocycles. The molecule has 2 fully saturated rings. The molecule has 2 saturated heterocycles. The number of anilines is 5. The zero-order valence-electron chi connectivity index (χ0n) is 33.6. The number of hydrogen-bond donors (Lipinski definition) is 0. The van der Waals surface area contributed by atoms with E-state index in [9.17, 15) is 0 Å². The van der Waals surface area contributed by atoms with E-state index in [1.54, 1.807) is 10.5 Å². The molecule has 0 bridgehead atoms. The van der Waals surface area contributed by atoms with E-state index in [2.05, 4.69) is 137 Å². The van der Waals surface area contributed by atoms with E-state index in [1.165, 1.54) is 16.7 Å². The van der Waals surface area contributed by atoms with Crippen LogP contribution < -0.4 is 15.4 Å².